The Morgan fingerprint density at radius 2 is 0.915 bits per heavy atom. The van der Waals surface area contributed by atoms with Crippen LogP contribution in [0.2, 0.25) is 0 Å². The summed E-state index contributed by atoms with van der Waals surface area (Å²) in [4.78, 5) is 9.62. The molecule has 0 amide bonds. The first-order chi connectivity index (χ1) is 28.4. The monoisotopic (exact) mass is 729 g/mol. The summed E-state index contributed by atoms with van der Waals surface area (Å²) in [5.74, 6) is -0.238. The molecule has 0 saturated heterocycles. The van der Waals surface area contributed by atoms with Crippen molar-refractivity contribution in [2.45, 2.75) is 6.54 Å². The molecule has 0 spiro atoms. The number of fused-ring (bicyclic) bond motifs is 9. The molecule has 1 aromatic heterocycles. The molecule has 0 saturated carbocycles. The number of hydrogen-bond acceptors (Lipinski definition) is 2. The smallest absolute Gasteiger partial charge is 0.156 e. The fourth-order valence-corrected chi connectivity index (χ4v) is 8.10. The lowest BCUT2D eigenvalue weighted by Crippen LogP contribution is -2.58. The highest BCUT2D eigenvalue weighted by molar-refractivity contribution is 6.70. The second-order valence-corrected chi connectivity index (χ2v) is 14.4. The van der Waals surface area contributed by atoms with Crippen LogP contribution in [0.15, 0.2) is 118 Å². The molecule has 0 aliphatic heterocycles. The van der Waals surface area contributed by atoms with Crippen LogP contribution in [0.4, 0.5) is 0 Å². The van der Waals surface area contributed by atoms with E-state index in [-0.39, 0.29) is 84.0 Å². The molecule has 252 valence electrons. The van der Waals surface area contributed by atoms with Gasteiger partial charge in [-0.2, -0.15) is 0 Å². The maximum absolute atomic E-state index is 6.61. The van der Waals surface area contributed by atoms with Gasteiger partial charge >= 0.3 is 0 Å². The van der Waals surface area contributed by atoms with E-state index in [2.05, 4.69) is 77.8 Å². The van der Waals surface area contributed by atoms with Crippen LogP contribution in [0.5, 0.6) is 0 Å². The summed E-state index contributed by atoms with van der Waals surface area (Å²) in [6.07, 6.45) is 0. The molecule has 0 fully saturated rings. The summed E-state index contributed by atoms with van der Waals surface area (Å²) in [5, 5.41) is 8.85. The first-order valence-electron chi connectivity index (χ1n) is 18.6. The molecule has 9 aromatic rings. The normalized spacial score (nSPS) is 12.4. The van der Waals surface area contributed by atoms with Gasteiger partial charge in [0.1, 0.15) is 95.5 Å². The molecule has 2 N–H and O–H groups in total. The Labute approximate surface area is 355 Å². The van der Waals surface area contributed by atoms with E-state index in [0.29, 0.717) is 11.2 Å². The highest BCUT2D eigenvalue weighted by Crippen LogP contribution is 2.41. The van der Waals surface area contributed by atoms with Crippen molar-refractivity contribution in [3.8, 4) is 11.1 Å². The van der Waals surface area contributed by atoms with Crippen molar-refractivity contribution >= 4 is 199 Å². The highest BCUT2D eigenvalue weighted by Gasteiger charge is 2.21. The predicted molar refractivity (Wildman–Crippen MR) is 259 cm³/mol. The largest absolute Gasteiger partial charge is 0.456 e. The first kappa shape index (κ1) is 38.6. The minimum atomic E-state index is -0.198. The predicted octanol–water partition coefficient (Wildman–Crippen LogP) is -0.997. The van der Waals surface area contributed by atoms with E-state index < -0.39 is 0 Å². The van der Waals surface area contributed by atoms with Crippen molar-refractivity contribution in [2.75, 3.05) is 0 Å². The molecule has 20 radical (unpaired) electrons. The molecule has 0 atom stereocenters. The summed E-state index contributed by atoms with van der Waals surface area (Å²) in [6, 6.07) is 35.4. The Bertz CT molecular complexity index is 3250. The lowest BCUT2D eigenvalue weighted by molar-refractivity contribution is 0.668. The third-order valence-electron chi connectivity index (χ3n) is 11.2. The van der Waals surface area contributed by atoms with Crippen LogP contribution >= 0.6 is 0 Å². The van der Waals surface area contributed by atoms with Gasteiger partial charge in [0.15, 0.2) is 5.84 Å². The SMILES string of the molecule is [B]c1c([B])c([B])c(C(N)=NC(=NCc2cccc3oc4cccc(-c5ccc6c7ccccc7c7ccccc7c6c5)c4c23)c2c([B])c([B])c([B])c([B])c2[B])c([B])c1[B]. The first-order valence-corrected chi connectivity index (χ1v) is 18.6. The Morgan fingerprint density at radius 1 is 0.458 bits per heavy atom. The topological polar surface area (TPSA) is 63.9 Å². The maximum Gasteiger partial charge on any atom is 0.156 e. The molecule has 0 aliphatic carbocycles. The van der Waals surface area contributed by atoms with E-state index in [0.717, 1.165) is 32.8 Å². The summed E-state index contributed by atoms with van der Waals surface area (Å²) < 4.78 is 6.48. The van der Waals surface area contributed by atoms with Crippen molar-refractivity contribution in [2.24, 2.45) is 15.7 Å². The lowest BCUT2D eigenvalue weighted by Gasteiger charge is -2.22. The number of hydrogen-bond donors (Lipinski definition) is 1. The molecule has 4 nitrogen and oxygen atoms in total. The molecule has 14 heteroatoms. The minimum absolute atomic E-state index is 0.00286. The van der Waals surface area contributed by atoms with Crippen LogP contribution in [0.3, 0.4) is 0 Å². The number of furan rings is 1. The van der Waals surface area contributed by atoms with Crippen LogP contribution in [0.25, 0.3) is 65.4 Å². The summed E-state index contributed by atoms with van der Waals surface area (Å²) in [7, 11) is 62.9. The van der Waals surface area contributed by atoms with Crippen LogP contribution in [-0.2, 0) is 6.54 Å². The number of nitrogens with two attached hydrogens (primary N) is 1. The average Bonchev–Trinajstić information content (AvgIpc) is 3.65. The number of rotatable bonds is 5. The van der Waals surface area contributed by atoms with Gasteiger partial charge in [-0.1, -0.05) is 107 Å². The maximum atomic E-state index is 6.61. The lowest BCUT2D eigenvalue weighted by atomic mass is 9.60. The van der Waals surface area contributed by atoms with Crippen molar-refractivity contribution < 1.29 is 4.42 Å². The zero-order chi connectivity index (χ0) is 41.4. The summed E-state index contributed by atoms with van der Waals surface area (Å²) in [6.45, 7) is 0.0425. The number of nitrogens with zero attached hydrogens (tertiary/aromatic N) is 2. The fourth-order valence-electron chi connectivity index (χ4n) is 8.10. The fraction of sp³-hybridized carbons (Fsp3) is 0.0222. The number of benzene rings is 8. The minimum Gasteiger partial charge on any atom is -0.456 e. The van der Waals surface area contributed by atoms with Gasteiger partial charge in [-0.05, 0) is 67.2 Å². The molecule has 9 rings (SSSR count). The van der Waals surface area contributed by atoms with Crippen LogP contribution < -0.4 is 60.4 Å². The van der Waals surface area contributed by atoms with E-state index in [4.69, 9.17) is 93.6 Å². The quantitative estimate of drug-likeness (QED) is 0.107. The Morgan fingerprint density at radius 3 is 1.47 bits per heavy atom. The van der Waals surface area contributed by atoms with Crippen molar-refractivity contribution in [1.29, 1.82) is 0 Å². The van der Waals surface area contributed by atoms with Gasteiger partial charge in [0.25, 0.3) is 0 Å². The van der Waals surface area contributed by atoms with Gasteiger partial charge in [-0.15, -0.1) is 32.8 Å². The Kier molecular flexibility index (Phi) is 9.66. The summed E-state index contributed by atoms with van der Waals surface area (Å²) in [5.41, 5.74) is 10.9. The van der Waals surface area contributed by atoms with E-state index in [1.807, 2.05) is 30.3 Å². The zero-order valence-corrected chi connectivity index (χ0v) is 31.7. The van der Waals surface area contributed by atoms with Crippen molar-refractivity contribution in [3.05, 3.63) is 120 Å². The average molecular weight is 728 g/mol. The molecule has 1 heterocycles. The van der Waals surface area contributed by atoms with Crippen LogP contribution in [-0.4, -0.2) is 90.1 Å². The van der Waals surface area contributed by atoms with Crippen molar-refractivity contribution in [1.82, 2.24) is 0 Å². The third-order valence-corrected chi connectivity index (χ3v) is 11.2. The van der Waals surface area contributed by atoms with Crippen LogP contribution in [0.1, 0.15) is 16.7 Å². The molecule has 0 unspecified atom stereocenters. The van der Waals surface area contributed by atoms with Gasteiger partial charge in [0.2, 0.25) is 0 Å². The van der Waals surface area contributed by atoms with Gasteiger partial charge in [-0.3, -0.25) is 4.99 Å². The van der Waals surface area contributed by atoms with Gasteiger partial charge in [0, 0.05) is 21.9 Å². The van der Waals surface area contributed by atoms with E-state index >= 15 is 0 Å². The summed E-state index contributed by atoms with van der Waals surface area (Å²) >= 11 is 0. The second kappa shape index (κ2) is 14.7. The molecular formula is C45H21B10N3O. The third kappa shape index (κ3) is 6.13. The second-order valence-electron chi connectivity index (χ2n) is 14.4. The van der Waals surface area contributed by atoms with E-state index in [1.54, 1.807) is 0 Å². The van der Waals surface area contributed by atoms with Crippen molar-refractivity contribution in [3.63, 3.8) is 0 Å². The van der Waals surface area contributed by atoms with E-state index in [1.165, 1.54) is 26.9 Å². The van der Waals surface area contributed by atoms with Gasteiger partial charge in [0.05, 0.1) is 6.54 Å². The molecule has 8 aromatic carbocycles. The number of amidine groups is 2. The Balaban J connectivity index is 1.25. The standard InChI is InChI=1S/C45H21B10N3O/c46-34-32(35(47)39(51)42(54)38(34)50)44(56)58-45(33-36(48)40(52)43(55)41(53)37(33)49)57-18-20-7-5-13-28-30(20)31-21(12-6-14-29(31)59-28)19-15-16-26-24-10-2-1-8-22(24)23-9-3-4-11-25(23)27(26)17-19/h1-17H,18H2,(H2,56,57,58). The van der Waals surface area contributed by atoms with Gasteiger partial charge in [-0.25, -0.2) is 4.99 Å². The molecule has 0 aliphatic rings. The zero-order valence-electron chi connectivity index (χ0n) is 31.7. The van der Waals surface area contributed by atoms with Crippen LogP contribution in [0, 0.1) is 0 Å². The molecular weight excluding hydrogens is 707 g/mol. The highest BCUT2D eigenvalue weighted by atomic mass is 16.3. The molecule has 0 bridgehead atoms. The van der Waals surface area contributed by atoms with E-state index in [9.17, 15) is 0 Å². The van der Waals surface area contributed by atoms with Gasteiger partial charge < -0.3 is 10.2 Å². The molecule has 59 heavy (non-hydrogen) atoms. The Hall–Kier alpha value is -5.87. The number of aliphatic imine (C=N–C) groups is 2.